The lowest BCUT2D eigenvalue weighted by Gasteiger charge is -2.39. The summed E-state index contributed by atoms with van der Waals surface area (Å²) in [7, 11) is 0. The molecule has 4 amide bonds. The molecule has 0 saturated carbocycles. The maximum atomic E-state index is 12.1. The number of amides is 4. The van der Waals surface area contributed by atoms with E-state index in [2.05, 4.69) is 42.5 Å². The number of nitrogens with zero attached hydrogens (tertiary/aromatic N) is 2. The molecule has 3 saturated heterocycles. The lowest BCUT2D eigenvalue weighted by atomic mass is 9.96. The third-order valence-electron chi connectivity index (χ3n) is 9.56. The van der Waals surface area contributed by atoms with E-state index < -0.39 is 0 Å². The Labute approximate surface area is 292 Å². The van der Waals surface area contributed by atoms with Gasteiger partial charge in [-0.25, -0.2) is 9.80 Å². The Balaban J connectivity index is 1.07. The highest BCUT2D eigenvalue weighted by molar-refractivity contribution is 6.28. The lowest BCUT2D eigenvalue weighted by molar-refractivity contribution is -0.121. The van der Waals surface area contributed by atoms with Crippen molar-refractivity contribution in [1.82, 2.24) is 42.5 Å². The van der Waals surface area contributed by atoms with Gasteiger partial charge >= 0.3 is 0 Å². The van der Waals surface area contributed by atoms with Crippen molar-refractivity contribution in [1.29, 1.82) is 0 Å². The van der Waals surface area contributed by atoms with Crippen LogP contribution in [0, 0.1) is 0 Å². The van der Waals surface area contributed by atoms with E-state index in [0.29, 0.717) is 24.5 Å². The SMILES string of the molecule is O=C1C=CC(=O)N1c1ccc(CNC23CNCCNCC(NCc4ccc(N5C(=O)C=CC5=O)cc4)(CNCCNC2)CNCCNC3)cc1. The van der Waals surface area contributed by atoms with Gasteiger partial charge in [-0.2, -0.15) is 0 Å². The summed E-state index contributed by atoms with van der Waals surface area (Å²) in [6, 6.07) is 15.1. The Morgan fingerprint density at radius 3 is 0.960 bits per heavy atom. The number of benzene rings is 2. The fraction of sp³-hybridized carbons (Fsp3) is 0.444. The van der Waals surface area contributed by atoms with Crippen LogP contribution in [0.25, 0.3) is 0 Å². The third kappa shape index (κ3) is 8.96. The molecule has 0 aliphatic carbocycles. The van der Waals surface area contributed by atoms with Gasteiger partial charge in [-0.15, -0.1) is 0 Å². The summed E-state index contributed by atoms with van der Waals surface area (Å²) in [5.74, 6) is -1.28. The molecule has 0 atom stereocenters. The second-order valence-electron chi connectivity index (χ2n) is 13.4. The van der Waals surface area contributed by atoms with E-state index >= 15 is 0 Å². The number of anilines is 2. The first-order chi connectivity index (χ1) is 24.4. The summed E-state index contributed by atoms with van der Waals surface area (Å²) in [5.41, 5.74) is 2.72. The zero-order valence-electron chi connectivity index (χ0n) is 28.4. The van der Waals surface area contributed by atoms with Crippen molar-refractivity contribution < 1.29 is 19.2 Å². The smallest absolute Gasteiger partial charge is 0.258 e. The Bertz CT molecular complexity index is 1380. The molecule has 5 aliphatic heterocycles. The Kier molecular flexibility index (Phi) is 11.9. The first-order valence-corrected chi connectivity index (χ1v) is 17.4. The van der Waals surface area contributed by atoms with Crippen LogP contribution < -0.4 is 52.3 Å². The molecule has 0 spiro atoms. The van der Waals surface area contributed by atoms with E-state index in [-0.39, 0.29) is 34.7 Å². The standard InChI is InChI=1S/C36H48N10O4/c47-31-9-10-32(48)45(31)29-5-1-27(2-6-29)19-43-35-21-37-13-16-40-24-36(25-41-17-14-38-22-35,26-42-18-15-39-23-35)44-20-28-3-7-30(8-4-28)46-33(49)11-12-34(46)50/h1-12,37-44H,13-26H2. The number of fused-ring (bicyclic) bond motifs is 15. The maximum absolute atomic E-state index is 12.1. The molecule has 50 heavy (non-hydrogen) atoms. The Hall–Kier alpha value is -4.12. The second kappa shape index (κ2) is 16.7. The van der Waals surface area contributed by atoms with Crippen LogP contribution in [0.1, 0.15) is 11.1 Å². The van der Waals surface area contributed by atoms with Crippen LogP contribution in [0.2, 0.25) is 0 Å². The molecule has 5 heterocycles. The molecule has 14 heteroatoms. The van der Waals surface area contributed by atoms with Crippen LogP contribution in [0.4, 0.5) is 11.4 Å². The van der Waals surface area contributed by atoms with Gasteiger partial charge < -0.3 is 42.5 Å². The fourth-order valence-corrected chi connectivity index (χ4v) is 6.66. The van der Waals surface area contributed by atoms with Gasteiger partial charge in [-0.05, 0) is 35.4 Å². The van der Waals surface area contributed by atoms with Gasteiger partial charge in [0.15, 0.2) is 0 Å². The van der Waals surface area contributed by atoms with Crippen LogP contribution in [0.15, 0.2) is 72.8 Å². The number of rotatable bonds is 8. The number of hydrogen-bond donors (Lipinski definition) is 8. The summed E-state index contributed by atoms with van der Waals surface area (Å²) >= 11 is 0. The van der Waals surface area contributed by atoms with Gasteiger partial charge in [-0.1, -0.05) is 24.3 Å². The normalized spacial score (nSPS) is 25.8. The summed E-state index contributed by atoms with van der Waals surface area (Å²) in [5, 5.41) is 29.8. The van der Waals surface area contributed by atoms with Gasteiger partial charge in [0.1, 0.15) is 0 Å². The van der Waals surface area contributed by atoms with Gasteiger partial charge in [0.25, 0.3) is 23.6 Å². The Morgan fingerprint density at radius 2 is 0.700 bits per heavy atom. The van der Waals surface area contributed by atoms with Crippen molar-refractivity contribution in [3.05, 3.63) is 84.0 Å². The highest BCUT2D eigenvalue weighted by Gasteiger charge is 2.32. The highest BCUT2D eigenvalue weighted by Crippen LogP contribution is 2.21. The summed E-state index contributed by atoms with van der Waals surface area (Å²) in [6.07, 6.45) is 5.19. The van der Waals surface area contributed by atoms with Crippen LogP contribution in [-0.4, -0.2) is 113 Å². The summed E-state index contributed by atoms with van der Waals surface area (Å²) in [6.45, 7) is 10.5. The molecule has 5 aliphatic rings. The van der Waals surface area contributed by atoms with Crippen LogP contribution in [0.3, 0.4) is 0 Å². The van der Waals surface area contributed by atoms with Crippen molar-refractivity contribution in [2.75, 3.05) is 88.3 Å². The molecule has 2 aromatic rings. The quantitative estimate of drug-likeness (QED) is 0.151. The largest absolute Gasteiger partial charge is 0.314 e. The first kappa shape index (κ1) is 35.7. The Morgan fingerprint density at radius 1 is 0.440 bits per heavy atom. The highest BCUT2D eigenvalue weighted by atomic mass is 16.2. The van der Waals surface area contributed by atoms with Gasteiger partial charge in [0.05, 0.1) is 22.5 Å². The molecule has 8 N–H and O–H groups in total. The minimum Gasteiger partial charge on any atom is -0.314 e. The zero-order chi connectivity index (χ0) is 34.8. The second-order valence-corrected chi connectivity index (χ2v) is 13.4. The fourth-order valence-electron chi connectivity index (χ4n) is 6.66. The average Bonchev–Trinajstić information content (AvgIpc) is 3.65. The van der Waals surface area contributed by atoms with Crippen molar-refractivity contribution in [2.45, 2.75) is 24.2 Å². The molecule has 3 fully saturated rings. The number of hydrogen-bond acceptors (Lipinski definition) is 12. The molecule has 266 valence electrons. The predicted octanol–water partition coefficient (Wildman–Crippen LogP) is -1.53. The number of imide groups is 2. The first-order valence-electron chi connectivity index (χ1n) is 17.4. The van der Waals surface area contributed by atoms with Crippen molar-refractivity contribution in [3.63, 3.8) is 0 Å². The van der Waals surface area contributed by atoms with Crippen LogP contribution >= 0.6 is 0 Å². The van der Waals surface area contributed by atoms with Gasteiger partial charge in [-0.3, -0.25) is 19.2 Å². The van der Waals surface area contributed by atoms with E-state index in [9.17, 15) is 19.2 Å². The summed E-state index contributed by atoms with van der Waals surface area (Å²) in [4.78, 5) is 50.8. The van der Waals surface area contributed by atoms with Crippen molar-refractivity contribution in [3.8, 4) is 0 Å². The number of carbonyl (C=O) groups is 4. The molecule has 2 aromatic carbocycles. The minimum atomic E-state index is -0.319. The zero-order valence-corrected chi connectivity index (χ0v) is 28.4. The summed E-state index contributed by atoms with van der Waals surface area (Å²) < 4.78 is 0. The van der Waals surface area contributed by atoms with E-state index in [1.807, 2.05) is 48.5 Å². The molecular weight excluding hydrogens is 636 g/mol. The van der Waals surface area contributed by atoms with Gasteiger partial charge in [0.2, 0.25) is 0 Å². The molecule has 2 bridgehead atoms. The number of nitrogens with one attached hydrogen (secondary N) is 8. The topological polar surface area (TPSA) is 171 Å². The van der Waals surface area contributed by atoms with E-state index in [1.165, 1.54) is 34.1 Å². The van der Waals surface area contributed by atoms with Crippen LogP contribution in [0.5, 0.6) is 0 Å². The average molecular weight is 685 g/mol. The minimum absolute atomic E-state index is 0.273. The third-order valence-corrected chi connectivity index (χ3v) is 9.56. The van der Waals surface area contributed by atoms with Crippen molar-refractivity contribution in [2.24, 2.45) is 0 Å². The molecule has 14 nitrogen and oxygen atoms in total. The molecule has 0 radical (unpaired) electrons. The maximum Gasteiger partial charge on any atom is 0.258 e. The van der Waals surface area contributed by atoms with E-state index in [1.54, 1.807) is 0 Å². The van der Waals surface area contributed by atoms with E-state index in [4.69, 9.17) is 0 Å². The lowest BCUT2D eigenvalue weighted by Crippen LogP contribution is -2.66. The number of carbonyl (C=O) groups excluding carboxylic acids is 4. The molecule has 0 unspecified atom stereocenters. The molecule has 7 rings (SSSR count). The van der Waals surface area contributed by atoms with E-state index in [0.717, 1.165) is 89.7 Å². The predicted molar refractivity (Wildman–Crippen MR) is 193 cm³/mol. The monoisotopic (exact) mass is 684 g/mol. The van der Waals surface area contributed by atoms with Crippen LogP contribution in [-0.2, 0) is 32.3 Å². The molecular formula is C36H48N10O4. The molecule has 0 aromatic heterocycles. The van der Waals surface area contributed by atoms with Gasteiger partial charge in [0, 0.05) is 116 Å². The van der Waals surface area contributed by atoms with Crippen molar-refractivity contribution >= 4 is 35.0 Å².